The third kappa shape index (κ3) is 21.0. The Bertz CT molecular complexity index is 2620. The lowest BCUT2D eigenvalue weighted by Crippen LogP contribution is -2.61. The number of likely N-dealkylation sites (N-methyl/N-ethyl adjacent to an activating group) is 2. The van der Waals surface area contributed by atoms with Gasteiger partial charge in [0.2, 0.25) is 41.7 Å². The molecule has 0 saturated carbocycles. The number of nitrogens with two attached hydrogens (primary N) is 1. The molecule has 28 heteroatoms. The van der Waals surface area contributed by atoms with Gasteiger partial charge in [0.25, 0.3) is 0 Å². The zero-order chi connectivity index (χ0) is 66.4. The Morgan fingerprint density at radius 2 is 1.48 bits per heavy atom. The molecule has 2 unspecified atom stereocenters. The first-order chi connectivity index (χ1) is 42.1. The number of anilines is 1. The highest BCUT2D eigenvalue weighted by Gasteiger charge is 2.49. The average Bonchev–Trinajstić information content (AvgIpc) is 2.45. The quantitative estimate of drug-likeness (QED) is 0.0346. The molecule has 2 aromatic carbocycles. The first-order valence-electron chi connectivity index (χ1n) is 30.2. The summed E-state index contributed by atoms with van der Waals surface area (Å²) in [5, 5.41) is 63.2. The molecular formula is C61H96N8O20. The fourth-order valence-electron chi connectivity index (χ4n) is 11.1. The average molecular weight is 1260 g/mol. The molecule has 0 aromatic heterocycles. The van der Waals surface area contributed by atoms with Crippen molar-refractivity contribution in [2.45, 2.75) is 180 Å². The highest BCUT2D eigenvalue weighted by molar-refractivity contribution is 5.94. The monoisotopic (exact) mass is 1260 g/mol. The summed E-state index contributed by atoms with van der Waals surface area (Å²) in [5.74, 6) is -1.76. The van der Waals surface area contributed by atoms with Crippen LogP contribution in [0.4, 0.5) is 10.5 Å². The lowest BCUT2D eigenvalue weighted by atomic mass is 9.89. The number of hydrogen-bond acceptors (Lipinski definition) is 20. The molecule has 4 rings (SSSR count). The van der Waals surface area contributed by atoms with Gasteiger partial charge in [-0.05, 0) is 61.3 Å². The Labute approximate surface area is 520 Å². The van der Waals surface area contributed by atoms with Crippen molar-refractivity contribution < 1.29 is 97.1 Å². The van der Waals surface area contributed by atoms with E-state index >= 15 is 0 Å². The molecule has 2 heterocycles. The van der Waals surface area contributed by atoms with Crippen molar-refractivity contribution >= 4 is 53.2 Å². The summed E-state index contributed by atoms with van der Waals surface area (Å²) in [6.45, 7) is 14.7. The zero-order valence-corrected chi connectivity index (χ0v) is 53.2. The summed E-state index contributed by atoms with van der Waals surface area (Å²) < 4.78 is 34.2. The van der Waals surface area contributed by atoms with Gasteiger partial charge in [0.1, 0.15) is 42.8 Å². The van der Waals surface area contributed by atoms with Gasteiger partial charge >= 0.3 is 12.1 Å². The van der Waals surface area contributed by atoms with E-state index in [-0.39, 0.29) is 80.4 Å². The number of benzene rings is 2. The number of ether oxygens (including phenoxy) is 6. The number of carboxylic acid groups (broad SMARTS) is 1. The molecule has 2 aliphatic rings. The van der Waals surface area contributed by atoms with Crippen molar-refractivity contribution in [3.05, 3.63) is 59.7 Å². The first-order valence-corrected chi connectivity index (χ1v) is 30.2. The molecular weight excluding hydrogens is 1160 g/mol. The number of likely N-dealkylation sites (tertiary alicyclic amines) is 1. The first kappa shape index (κ1) is 74.9. The number of rotatable bonds is 35. The number of carbonyl (C=O) groups is 8. The number of nitrogens with one attached hydrogen (secondary N) is 4. The molecule has 2 fully saturated rings. The Hall–Kier alpha value is -6.60. The van der Waals surface area contributed by atoms with Crippen molar-refractivity contribution in [3.63, 3.8) is 0 Å². The predicted molar refractivity (Wildman–Crippen MR) is 322 cm³/mol. The summed E-state index contributed by atoms with van der Waals surface area (Å²) in [6.07, 6.45) is -12.2. The molecule has 28 nitrogen and oxygen atoms in total. The molecule has 2 aliphatic heterocycles. The summed E-state index contributed by atoms with van der Waals surface area (Å²) >= 11 is 0. The number of aliphatic hydroxyl groups excluding tert-OH is 4. The van der Waals surface area contributed by atoms with E-state index < -0.39 is 139 Å². The van der Waals surface area contributed by atoms with Crippen LogP contribution in [0.15, 0.2) is 48.5 Å². The minimum atomic E-state index is -2.03. The van der Waals surface area contributed by atoms with E-state index in [1.807, 2.05) is 19.9 Å². The number of aliphatic hydroxyl groups is 4. The molecule has 15 atom stereocenters. The third-order valence-corrected chi connectivity index (χ3v) is 16.3. The Morgan fingerprint density at radius 3 is 2.09 bits per heavy atom. The summed E-state index contributed by atoms with van der Waals surface area (Å²) in [4.78, 5) is 118. The molecule has 0 radical (unpaired) electrons. The number of hydrogen-bond donors (Lipinski definition) is 10. The van der Waals surface area contributed by atoms with Crippen molar-refractivity contribution in [2.75, 3.05) is 66.5 Å². The summed E-state index contributed by atoms with van der Waals surface area (Å²) in [7, 11) is 5.87. The van der Waals surface area contributed by atoms with Gasteiger partial charge in [0.05, 0.1) is 68.6 Å². The number of methoxy groups -OCH3 is 2. The van der Waals surface area contributed by atoms with Crippen molar-refractivity contribution in [2.24, 2.45) is 29.6 Å². The predicted octanol–water partition coefficient (Wildman–Crippen LogP) is 1.59. The maximum absolute atomic E-state index is 14.9. The Morgan fingerprint density at radius 1 is 0.809 bits per heavy atom. The fourth-order valence-corrected chi connectivity index (χ4v) is 11.1. The van der Waals surface area contributed by atoms with Gasteiger partial charge in [-0.15, -0.1) is 0 Å². The summed E-state index contributed by atoms with van der Waals surface area (Å²) in [5.41, 5.74) is 0.766. The van der Waals surface area contributed by atoms with E-state index in [2.05, 4.69) is 26.1 Å². The second-order valence-electron chi connectivity index (χ2n) is 23.4. The smallest absolute Gasteiger partial charge is 0.410 e. The van der Waals surface area contributed by atoms with Crippen LogP contribution in [0.2, 0.25) is 0 Å². The second kappa shape index (κ2) is 36.3. The maximum atomic E-state index is 14.9. The van der Waals surface area contributed by atoms with Crippen LogP contribution in [0.5, 0.6) is 5.75 Å². The van der Waals surface area contributed by atoms with Crippen LogP contribution in [0.25, 0.3) is 0 Å². The number of nitrogens with zero attached hydrogens (tertiary/aromatic N) is 3. The van der Waals surface area contributed by atoms with Crippen molar-refractivity contribution in [3.8, 4) is 5.75 Å². The summed E-state index contributed by atoms with van der Waals surface area (Å²) in [6, 6.07) is 8.75. The fraction of sp³-hybridized carbons (Fsp3) is 0.672. The van der Waals surface area contributed by atoms with Gasteiger partial charge in [-0.1, -0.05) is 85.2 Å². The minimum Gasteiger partial charge on any atom is -0.479 e. The normalized spacial score (nSPS) is 21.4. The number of carboxylic acids is 1. The maximum Gasteiger partial charge on any atom is 0.410 e. The van der Waals surface area contributed by atoms with E-state index in [1.54, 1.807) is 77.8 Å². The highest BCUT2D eigenvalue weighted by Crippen LogP contribution is 2.32. The molecule has 0 spiro atoms. The Balaban J connectivity index is 1.50. The lowest BCUT2D eigenvalue weighted by molar-refractivity contribution is -0.271. The van der Waals surface area contributed by atoms with Gasteiger partial charge in [0, 0.05) is 65.5 Å². The van der Waals surface area contributed by atoms with E-state index in [9.17, 15) is 63.9 Å². The topological polar surface area (TPSA) is 386 Å². The standard InChI is InChI=1S/C61H96N8O20/c1-13-35(6)49(43(83-11)31-46(72)69-26-17-20-41(69)54(84-12)36(7)56(77)64-37(8)50(73)38-18-15-14-16-19-38)67(9)58(79)47(33(2)3)66-57(78)48(34(4)5)68(10)61(82)86-32-39-30-40(65-45(71)24-23-44(70)63-25-27-85-28-29-87-62)21-22-42(39)88-60-53(76)51(74)52(75)55(89-60)59(80)81/h14-16,18-19,21-22,30,33-37,41,43,47-55,60,73-76H,13,17,20,23-29,31-32,62H2,1-12H3,(H,63,70)(H,64,77)(H,65,71)(H,66,78)(H,80,81)/t35-,36+,37+,41-,43+,47-,48-,49-,50+,51-,52-,53?,54+,55?,60+/m0/s1. The van der Waals surface area contributed by atoms with Gasteiger partial charge in [-0.25, -0.2) is 15.5 Å². The lowest BCUT2D eigenvalue weighted by Gasteiger charge is -2.41. The molecule has 2 aromatic rings. The van der Waals surface area contributed by atoms with Gasteiger partial charge in [-0.2, -0.15) is 0 Å². The van der Waals surface area contributed by atoms with Crippen LogP contribution in [-0.4, -0.2) is 222 Å². The zero-order valence-electron chi connectivity index (χ0n) is 53.2. The van der Waals surface area contributed by atoms with Crippen LogP contribution in [0.1, 0.15) is 111 Å². The van der Waals surface area contributed by atoms with E-state index in [0.29, 0.717) is 31.4 Å². The van der Waals surface area contributed by atoms with Crippen LogP contribution in [0, 0.1) is 23.7 Å². The number of amides is 7. The van der Waals surface area contributed by atoms with Crippen molar-refractivity contribution in [1.29, 1.82) is 0 Å². The molecule has 11 N–H and O–H groups in total. The highest BCUT2D eigenvalue weighted by atomic mass is 16.7. The van der Waals surface area contributed by atoms with E-state index in [1.165, 1.54) is 44.4 Å². The molecule has 0 aliphatic carbocycles. The van der Waals surface area contributed by atoms with Crippen LogP contribution in [0.3, 0.4) is 0 Å². The van der Waals surface area contributed by atoms with E-state index in [4.69, 9.17) is 34.3 Å². The molecule has 2 saturated heterocycles. The van der Waals surface area contributed by atoms with Gasteiger partial charge < -0.3 is 89.9 Å². The molecule has 89 heavy (non-hydrogen) atoms. The van der Waals surface area contributed by atoms with Crippen LogP contribution in [-0.2, 0) is 68.7 Å². The van der Waals surface area contributed by atoms with Crippen LogP contribution < -0.4 is 31.9 Å². The molecule has 7 amide bonds. The van der Waals surface area contributed by atoms with Crippen molar-refractivity contribution in [1.82, 2.24) is 30.7 Å². The largest absolute Gasteiger partial charge is 0.479 e. The SMILES string of the molecule is CC[C@H](C)[C@@H]([C@@H](CC(=O)N1CCC[C@H]1[C@H](OC)[C@@H](C)C(=O)N[C@H](C)[C@@H](O)c1ccccc1)OC)N(C)C(=O)[C@@H](NC(=O)[C@H](C(C)C)N(C)C(=O)OCc1cc(NC(=O)CCC(=O)NCCOCCON)ccc1O[C@@H]1OC(C(=O)O)[C@@H](O)[C@H](O)C1O)C(C)C. The molecule has 0 bridgehead atoms. The Kier molecular flexibility index (Phi) is 30.5. The molecule has 500 valence electrons. The van der Waals surface area contributed by atoms with Gasteiger partial charge in [-0.3, -0.25) is 33.7 Å². The number of aliphatic carboxylic acids is 1. The number of carbonyl (C=O) groups excluding carboxylic acids is 7. The third-order valence-electron chi connectivity index (χ3n) is 16.3. The minimum absolute atomic E-state index is 0.00252. The van der Waals surface area contributed by atoms with Crippen LogP contribution >= 0.6 is 0 Å². The second-order valence-corrected chi connectivity index (χ2v) is 23.4. The van der Waals surface area contributed by atoms with E-state index in [0.717, 1.165) is 4.90 Å². The van der Waals surface area contributed by atoms with Gasteiger partial charge in [0.15, 0.2) is 6.10 Å².